The molecule has 23 nitrogen and oxygen atoms in total. The van der Waals surface area contributed by atoms with Gasteiger partial charge in [0, 0.05) is 89.6 Å². The van der Waals surface area contributed by atoms with Crippen molar-refractivity contribution in [1.29, 1.82) is 0 Å². The van der Waals surface area contributed by atoms with E-state index in [-0.39, 0.29) is 97.6 Å². The van der Waals surface area contributed by atoms with Gasteiger partial charge in [0.2, 0.25) is 11.8 Å². The Morgan fingerprint density at radius 2 is 1.65 bits per heavy atom. The summed E-state index contributed by atoms with van der Waals surface area (Å²) in [5.41, 5.74) is 5.59. The highest BCUT2D eigenvalue weighted by molar-refractivity contribution is 6.35. The van der Waals surface area contributed by atoms with Crippen LogP contribution in [0.3, 0.4) is 0 Å². The zero-order valence-electron chi connectivity index (χ0n) is 57.2. The Morgan fingerprint density at radius 3 is 2.30 bits per heavy atom. The number of Topliss-reactive ketones (excluding diaryl/α,β-unsaturated/α-hetero) is 2. The molecule has 0 aromatic heterocycles. The molecule has 520 valence electrons. The topological polar surface area (TPSA) is 302 Å². The van der Waals surface area contributed by atoms with E-state index >= 15 is 0 Å². The highest BCUT2D eigenvalue weighted by Crippen LogP contribution is 2.50. The second-order valence-electron chi connectivity index (χ2n) is 26.3. The van der Waals surface area contributed by atoms with E-state index < -0.39 is 102 Å². The van der Waals surface area contributed by atoms with Gasteiger partial charge in [-0.2, -0.15) is 0 Å². The number of hydrogen-bond acceptors (Lipinski definition) is 18. The molecule has 3 fully saturated rings. The standard InChI is InChI=1S/C70H101ClN6O17/c1-14-47(15-2)67(85)91-43(6)21-16-17-22-50(78)37-51(41(3)4)64(82)74-52(23-19-27-73-68(72)86)55(79)36-48-25-26-49(35-53(48)77-28-30-90-31-29-77)65(83)75(10)45(8)66(84)93-59-38-60(80)76(11)54-33-46(34-56(88-12)62(54)71)32-42(5)20-18-24-58(89-13)70(87)39-57(92-61(81)40-70)44(7)63-69(59,9)94-63/h18,20,24-26,33-35,41,43-45,47,51-52,57-59,63,87H,14-17,19,21-23,27-32,36-40H2,1-13H3,(H,74,82)(H3,72,73,86)/b24-18+,42-20+/t43?,44-,45+,51+,52+,57+,58-,59+,63+,69+,70-/m1/s1. The van der Waals surface area contributed by atoms with Gasteiger partial charge in [0.15, 0.2) is 5.78 Å². The predicted molar refractivity (Wildman–Crippen MR) is 354 cm³/mol. The van der Waals surface area contributed by atoms with Crippen LogP contribution < -0.4 is 30.9 Å². The fourth-order valence-corrected chi connectivity index (χ4v) is 13.0. The number of anilines is 2. The summed E-state index contributed by atoms with van der Waals surface area (Å²) in [5.74, 6) is -5.18. The van der Waals surface area contributed by atoms with Gasteiger partial charge in [0.1, 0.15) is 52.1 Å². The van der Waals surface area contributed by atoms with Gasteiger partial charge in [-0.05, 0) is 120 Å². The Kier molecular flexibility index (Phi) is 28.1. The molecule has 1 unspecified atom stereocenters. The number of carbonyl (C=O) groups is 9. The summed E-state index contributed by atoms with van der Waals surface area (Å²) in [4.78, 5) is 128. The van der Waals surface area contributed by atoms with E-state index in [2.05, 4.69) is 10.6 Å². The van der Waals surface area contributed by atoms with E-state index in [0.29, 0.717) is 87.5 Å². The average Bonchev–Trinajstić information content (AvgIpc) is 1.57. The fraction of sp³-hybridized carbons (Fsp3) is 0.643. The lowest BCUT2D eigenvalue weighted by atomic mass is 9.78. The molecule has 4 heterocycles. The molecule has 94 heavy (non-hydrogen) atoms. The first-order valence-corrected chi connectivity index (χ1v) is 33.5. The van der Waals surface area contributed by atoms with Crippen LogP contribution >= 0.6 is 11.6 Å². The van der Waals surface area contributed by atoms with Crippen LogP contribution in [0.5, 0.6) is 5.75 Å². The van der Waals surface area contributed by atoms with Crippen molar-refractivity contribution < 1.29 is 81.4 Å². The number of rotatable bonds is 28. The third-order valence-corrected chi connectivity index (χ3v) is 19.4. The number of nitrogens with two attached hydrogens (primary N) is 1. The summed E-state index contributed by atoms with van der Waals surface area (Å²) in [5, 5.41) is 17.8. The first-order valence-electron chi connectivity index (χ1n) is 33.1. The summed E-state index contributed by atoms with van der Waals surface area (Å²) in [6, 6.07) is 5.38. The molecule has 6 rings (SSSR count). The summed E-state index contributed by atoms with van der Waals surface area (Å²) in [6.07, 6.45) is 4.44. The number of amides is 5. The molecule has 2 aromatic rings. The number of urea groups is 1. The van der Waals surface area contributed by atoms with Gasteiger partial charge in [-0.25, -0.2) is 9.59 Å². The molecule has 2 aromatic carbocycles. The lowest BCUT2D eigenvalue weighted by molar-refractivity contribution is -0.187. The van der Waals surface area contributed by atoms with Crippen molar-refractivity contribution in [2.75, 3.05) is 71.0 Å². The second-order valence-corrected chi connectivity index (χ2v) is 26.7. The normalized spacial score (nSPS) is 24.7. The molecule has 0 radical (unpaired) electrons. The minimum atomic E-state index is -1.67. The molecule has 5 amide bonds. The quantitative estimate of drug-likeness (QED) is 0.0270. The number of benzene rings is 2. The number of unbranched alkanes of at least 4 members (excludes halogenated alkanes) is 1. The lowest BCUT2D eigenvalue weighted by Crippen LogP contribution is -2.53. The number of ketones is 2. The number of epoxide rings is 1. The molecule has 0 aliphatic carbocycles. The lowest BCUT2D eigenvalue weighted by Gasteiger charge is -2.41. The van der Waals surface area contributed by atoms with Crippen LogP contribution in [-0.4, -0.2) is 178 Å². The monoisotopic (exact) mass is 1330 g/mol. The van der Waals surface area contributed by atoms with E-state index in [1.807, 2.05) is 52.5 Å². The molecule has 24 heteroatoms. The summed E-state index contributed by atoms with van der Waals surface area (Å²) >= 11 is 6.91. The number of esters is 3. The van der Waals surface area contributed by atoms with Crippen molar-refractivity contribution in [2.24, 2.45) is 29.4 Å². The Hall–Kier alpha value is -6.92. The number of nitrogens with zero attached hydrogens (tertiary/aromatic N) is 3. The zero-order valence-corrected chi connectivity index (χ0v) is 57.9. The van der Waals surface area contributed by atoms with Crippen LogP contribution in [0.4, 0.5) is 16.2 Å². The second kappa shape index (κ2) is 34.7. The maximum Gasteiger partial charge on any atom is 0.328 e. The SMILES string of the molecule is CCC(CC)C(=O)OC(C)CCCCC(=O)C[C@H](C(=O)N[C@@H](CCCNC(N)=O)C(=O)Cc1ccc(C(=O)N(C)[C@@H](C)C(=O)O[C@H]2CC(=O)N(C)c3cc(cc(OC)c3Cl)C/C(C)=C/C=C/[C@@H](OC)[C@]3(O)CC(=O)O[C@@H](C3)[C@@H](C)[C@@H]3O[C@@]23C)cc1N1CCOCC1)C(C)C. The Balaban J connectivity index is 1.22. The van der Waals surface area contributed by atoms with Gasteiger partial charge in [0.25, 0.3) is 5.91 Å². The number of aliphatic hydroxyl groups is 1. The van der Waals surface area contributed by atoms with Crippen molar-refractivity contribution in [3.8, 4) is 5.75 Å². The molecule has 4 bridgehead atoms. The smallest absolute Gasteiger partial charge is 0.328 e. The average molecular weight is 1330 g/mol. The molecule has 11 atom stereocenters. The van der Waals surface area contributed by atoms with Crippen LogP contribution in [0.2, 0.25) is 5.02 Å². The summed E-state index contributed by atoms with van der Waals surface area (Å²) < 4.78 is 41.4. The van der Waals surface area contributed by atoms with E-state index in [1.54, 1.807) is 63.4 Å². The number of fused-ring (bicyclic) bond motifs is 5. The summed E-state index contributed by atoms with van der Waals surface area (Å²) in [7, 11) is 5.91. The number of nitrogens with one attached hydrogen (secondary N) is 2. The molecule has 5 N–H and O–H groups in total. The van der Waals surface area contributed by atoms with Crippen molar-refractivity contribution in [3.05, 3.63) is 75.8 Å². The number of hydrogen-bond donors (Lipinski definition) is 4. The molecular weight excluding hydrogens is 1230 g/mol. The van der Waals surface area contributed by atoms with Crippen molar-refractivity contribution in [3.63, 3.8) is 0 Å². The van der Waals surface area contributed by atoms with Gasteiger partial charge < -0.3 is 69.3 Å². The maximum atomic E-state index is 14.7. The molecule has 3 saturated heterocycles. The first-order chi connectivity index (χ1) is 44.5. The number of morpholine rings is 1. The third-order valence-electron chi connectivity index (χ3n) is 19.0. The van der Waals surface area contributed by atoms with Crippen LogP contribution in [0.1, 0.15) is 161 Å². The maximum absolute atomic E-state index is 14.7. The van der Waals surface area contributed by atoms with Crippen LogP contribution in [0.15, 0.2) is 54.1 Å². The molecule has 4 aliphatic heterocycles. The van der Waals surface area contributed by atoms with E-state index in [1.165, 1.54) is 38.0 Å². The summed E-state index contributed by atoms with van der Waals surface area (Å²) in [6.45, 7) is 18.0. The Morgan fingerprint density at radius 1 is 0.947 bits per heavy atom. The van der Waals surface area contributed by atoms with Crippen molar-refractivity contribution >= 4 is 76.2 Å². The number of methoxy groups -OCH3 is 2. The molecule has 0 spiro atoms. The predicted octanol–water partition coefficient (Wildman–Crippen LogP) is 8.12. The number of halogens is 1. The highest BCUT2D eigenvalue weighted by atomic mass is 35.5. The van der Waals surface area contributed by atoms with Gasteiger partial charge in [0.05, 0.1) is 63.0 Å². The highest BCUT2D eigenvalue weighted by Gasteiger charge is 2.64. The van der Waals surface area contributed by atoms with Gasteiger partial charge in [-0.1, -0.05) is 76.1 Å². The molecule has 4 aliphatic rings. The first kappa shape index (κ1) is 76.1. The van der Waals surface area contributed by atoms with E-state index in [4.69, 9.17) is 50.5 Å². The molecule has 0 saturated carbocycles. The number of primary amides is 1. The Labute approximate surface area is 558 Å². The Bertz CT molecular complexity index is 3090. The van der Waals surface area contributed by atoms with Crippen LogP contribution in [-0.2, 0) is 74.8 Å². The third kappa shape index (κ3) is 20.1. The number of allylic oxidation sites excluding steroid dienone is 3. The van der Waals surface area contributed by atoms with Crippen LogP contribution in [0, 0.1) is 23.7 Å². The number of ether oxygens (including phenoxy) is 7. The van der Waals surface area contributed by atoms with Crippen molar-refractivity contribution in [2.45, 2.75) is 206 Å². The fourth-order valence-electron chi connectivity index (χ4n) is 12.7. The van der Waals surface area contributed by atoms with Gasteiger partial charge in [-0.15, -0.1) is 0 Å². The van der Waals surface area contributed by atoms with E-state index in [0.717, 1.165) is 11.1 Å². The minimum absolute atomic E-state index is 0.0180. The van der Waals surface area contributed by atoms with E-state index in [9.17, 15) is 48.3 Å². The van der Waals surface area contributed by atoms with Gasteiger partial charge in [-0.3, -0.25) is 33.6 Å². The van der Waals surface area contributed by atoms with Crippen molar-refractivity contribution in [1.82, 2.24) is 15.5 Å². The largest absolute Gasteiger partial charge is 0.495 e. The molecular formula is C70H101ClN6O17. The van der Waals surface area contributed by atoms with Crippen LogP contribution in [0.25, 0.3) is 0 Å². The number of likely N-dealkylation sites (N-methyl/N-ethyl adjacent to an activating group) is 1. The van der Waals surface area contributed by atoms with Gasteiger partial charge >= 0.3 is 23.9 Å². The minimum Gasteiger partial charge on any atom is -0.495 e. The number of carbonyl (C=O) groups excluding carboxylic acids is 9. The zero-order chi connectivity index (χ0) is 69.4.